The van der Waals surface area contributed by atoms with Gasteiger partial charge in [0, 0.05) is 18.5 Å². The Morgan fingerprint density at radius 2 is 2.24 bits per heavy atom. The molecule has 0 bridgehead atoms. The number of nitrogens with zero attached hydrogens (tertiary/aromatic N) is 1. The molecule has 0 unspecified atom stereocenters. The summed E-state index contributed by atoms with van der Waals surface area (Å²) in [6.07, 6.45) is 0.296. The van der Waals surface area contributed by atoms with Crippen molar-refractivity contribution in [1.82, 2.24) is 4.57 Å². The molecule has 5 nitrogen and oxygen atoms in total. The molecular formula is C12H14N2O3. The summed E-state index contributed by atoms with van der Waals surface area (Å²) >= 11 is 0. The number of aryl methyl sites for hydroxylation is 1. The van der Waals surface area contributed by atoms with E-state index in [2.05, 4.69) is 0 Å². The Bertz CT molecular complexity index is 610. The predicted octanol–water partition coefficient (Wildman–Crippen LogP) is 1.15. The van der Waals surface area contributed by atoms with Gasteiger partial charge in [-0.3, -0.25) is 9.36 Å². The number of carbonyl (C=O) groups excluding carboxylic acids is 1. The van der Waals surface area contributed by atoms with Crippen LogP contribution in [0, 0.1) is 0 Å². The van der Waals surface area contributed by atoms with E-state index in [0.717, 1.165) is 0 Å². The van der Waals surface area contributed by atoms with E-state index in [0.29, 0.717) is 36.2 Å². The number of benzene rings is 1. The second-order valence-corrected chi connectivity index (χ2v) is 3.76. The van der Waals surface area contributed by atoms with E-state index >= 15 is 0 Å². The molecule has 0 aliphatic heterocycles. The lowest BCUT2D eigenvalue weighted by Gasteiger charge is -1.99. The molecule has 0 amide bonds. The highest BCUT2D eigenvalue weighted by atomic mass is 16.4. The fourth-order valence-corrected chi connectivity index (χ4v) is 1.81. The molecule has 2 rings (SSSR count). The fourth-order valence-electron chi connectivity index (χ4n) is 1.81. The molecule has 1 heterocycles. The average Bonchev–Trinajstić information content (AvgIpc) is 2.63. The van der Waals surface area contributed by atoms with Gasteiger partial charge in [-0.2, -0.15) is 0 Å². The number of carbonyl (C=O) groups is 1. The van der Waals surface area contributed by atoms with Crippen LogP contribution in [0.4, 0.5) is 0 Å². The Kier molecular flexibility index (Phi) is 3.10. The van der Waals surface area contributed by atoms with Crippen LogP contribution in [-0.4, -0.2) is 16.9 Å². The van der Waals surface area contributed by atoms with Crippen LogP contribution in [-0.2, 0) is 6.54 Å². The van der Waals surface area contributed by atoms with E-state index in [4.69, 9.17) is 10.2 Å². The first-order valence-electron chi connectivity index (χ1n) is 5.54. The quantitative estimate of drug-likeness (QED) is 0.805. The molecular weight excluding hydrogens is 220 g/mol. The third-order valence-electron chi connectivity index (χ3n) is 2.68. The minimum Gasteiger partial charge on any atom is -0.408 e. The lowest BCUT2D eigenvalue weighted by molar-refractivity contribution is 0.0985. The SMILES string of the molecule is CCn1c(=O)oc2cc(C(=O)CCN)ccc21. The maximum atomic E-state index is 11.6. The first-order chi connectivity index (χ1) is 8.17. The molecule has 0 saturated heterocycles. The molecule has 0 fully saturated rings. The summed E-state index contributed by atoms with van der Waals surface area (Å²) in [5.41, 5.74) is 7.01. The second-order valence-electron chi connectivity index (χ2n) is 3.76. The number of hydrogen-bond acceptors (Lipinski definition) is 4. The molecule has 0 aliphatic rings. The number of rotatable bonds is 4. The Morgan fingerprint density at radius 3 is 2.88 bits per heavy atom. The number of Topliss-reactive ketones (excluding diaryl/α,β-unsaturated/α-hetero) is 1. The number of ketones is 1. The first kappa shape index (κ1) is 11.6. The molecule has 0 spiro atoms. The first-order valence-corrected chi connectivity index (χ1v) is 5.54. The predicted molar refractivity (Wildman–Crippen MR) is 64.1 cm³/mol. The fraction of sp³-hybridized carbons (Fsp3) is 0.333. The van der Waals surface area contributed by atoms with Gasteiger partial charge >= 0.3 is 5.76 Å². The van der Waals surface area contributed by atoms with Crippen molar-refractivity contribution in [3.05, 3.63) is 34.3 Å². The summed E-state index contributed by atoms with van der Waals surface area (Å²) in [6.45, 7) is 2.72. The highest BCUT2D eigenvalue weighted by Crippen LogP contribution is 2.16. The molecule has 17 heavy (non-hydrogen) atoms. The number of oxazole rings is 1. The van der Waals surface area contributed by atoms with E-state index in [1.165, 1.54) is 4.57 Å². The zero-order valence-corrected chi connectivity index (χ0v) is 9.60. The summed E-state index contributed by atoms with van der Waals surface area (Å²) < 4.78 is 6.60. The van der Waals surface area contributed by atoms with Crippen LogP contribution in [0.3, 0.4) is 0 Å². The van der Waals surface area contributed by atoms with Gasteiger partial charge in [-0.05, 0) is 31.7 Å². The van der Waals surface area contributed by atoms with Crippen molar-refractivity contribution in [3.8, 4) is 0 Å². The molecule has 0 aliphatic carbocycles. The number of aromatic nitrogens is 1. The lowest BCUT2D eigenvalue weighted by atomic mass is 10.1. The molecule has 0 atom stereocenters. The summed E-state index contributed by atoms with van der Waals surface area (Å²) in [6, 6.07) is 5.02. The molecule has 2 aromatic rings. The zero-order chi connectivity index (χ0) is 12.4. The van der Waals surface area contributed by atoms with Gasteiger partial charge in [0.2, 0.25) is 0 Å². The van der Waals surface area contributed by atoms with Crippen molar-refractivity contribution in [2.45, 2.75) is 19.9 Å². The largest absolute Gasteiger partial charge is 0.419 e. The van der Waals surface area contributed by atoms with Crippen LogP contribution in [0.25, 0.3) is 11.1 Å². The lowest BCUT2D eigenvalue weighted by Crippen LogP contribution is -2.12. The highest BCUT2D eigenvalue weighted by Gasteiger charge is 2.11. The van der Waals surface area contributed by atoms with E-state index in [9.17, 15) is 9.59 Å². The Hall–Kier alpha value is -1.88. The van der Waals surface area contributed by atoms with Crippen molar-refractivity contribution in [1.29, 1.82) is 0 Å². The zero-order valence-electron chi connectivity index (χ0n) is 9.60. The van der Waals surface area contributed by atoms with Crippen LogP contribution >= 0.6 is 0 Å². The van der Waals surface area contributed by atoms with Crippen LogP contribution in [0.15, 0.2) is 27.4 Å². The van der Waals surface area contributed by atoms with E-state index in [-0.39, 0.29) is 5.78 Å². The Labute approximate surface area is 97.8 Å². The van der Waals surface area contributed by atoms with Gasteiger partial charge in [0.1, 0.15) is 0 Å². The van der Waals surface area contributed by atoms with Gasteiger partial charge in [0.05, 0.1) is 5.52 Å². The molecule has 1 aromatic carbocycles. The Balaban J connectivity index is 2.52. The van der Waals surface area contributed by atoms with Gasteiger partial charge in [0.15, 0.2) is 11.4 Å². The van der Waals surface area contributed by atoms with Crippen molar-refractivity contribution in [2.75, 3.05) is 6.54 Å². The summed E-state index contributed by atoms with van der Waals surface area (Å²) in [4.78, 5) is 23.1. The number of fused-ring (bicyclic) bond motifs is 1. The maximum absolute atomic E-state index is 11.6. The number of hydrogen-bond donors (Lipinski definition) is 1. The highest BCUT2D eigenvalue weighted by molar-refractivity contribution is 5.98. The Morgan fingerprint density at radius 1 is 1.47 bits per heavy atom. The molecule has 5 heteroatoms. The standard InChI is InChI=1S/C12H14N2O3/c1-2-14-9-4-3-8(10(15)5-6-13)7-11(9)17-12(14)16/h3-4,7H,2,5-6,13H2,1H3. The van der Waals surface area contributed by atoms with Crippen LogP contribution in [0.2, 0.25) is 0 Å². The summed E-state index contributed by atoms with van der Waals surface area (Å²) in [7, 11) is 0. The third kappa shape index (κ3) is 2.01. The molecule has 2 N–H and O–H groups in total. The second kappa shape index (κ2) is 4.55. The minimum absolute atomic E-state index is 0.0405. The van der Waals surface area contributed by atoms with Crippen molar-refractivity contribution in [3.63, 3.8) is 0 Å². The summed E-state index contributed by atoms with van der Waals surface area (Å²) in [5.74, 6) is -0.438. The minimum atomic E-state index is -0.397. The van der Waals surface area contributed by atoms with Crippen molar-refractivity contribution in [2.24, 2.45) is 5.73 Å². The molecule has 90 valence electrons. The van der Waals surface area contributed by atoms with Crippen molar-refractivity contribution >= 4 is 16.9 Å². The van der Waals surface area contributed by atoms with Gasteiger partial charge < -0.3 is 10.2 Å². The summed E-state index contributed by atoms with van der Waals surface area (Å²) in [5, 5.41) is 0. The maximum Gasteiger partial charge on any atom is 0.419 e. The third-order valence-corrected chi connectivity index (χ3v) is 2.68. The van der Waals surface area contributed by atoms with E-state index in [1.807, 2.05) is 6.92 Å². The van der Waals surface area contributed by atoms with E-state index in [1.54, 1.807) is 18.2 Å². The number of nitrogens with two attached hydrogens (primary N) is 1. The normalized spacial score (nSPS) is 10.9. The van der Waals surface area contributed by atoms with Gasteiger partial charge in [-0.15, -0.1) is 0 Å². The smallest absolute Gasteiger partial charge is 0.408 e. The van der Waals surface area contributed by atoms with Crippen LogP contribution in [0.1, 0.15) is 23.7 Å². The van der Waals surface area contributed by atoms with Gasteiger partial charge in [-0.25, -0.2) is 4.79 Å². The van der Waals surface area contributed by atoms with Crippen molar-refractivity contribution < 1.29 is 9.21 Å². The van der Waals surface area contributed by atoms with Gasteiger partial charge in [-0.1, -0.05) is 0 Å². The molecule has 1 aromatic heterocycles. The molecule has 0 radical (unpaired) electrons. The van der Waals surface area contributed by atoms with Crippen LogP contribution in [0.5, 0.6) is 0 Å². The van der Waals surface area contributed by atoms with Gasteiger partial charge in [0.25, 0.3) is 0 Å². The van der Waals surface area contributed by atoms with Crippen LogP contribution < -0.4 is 11.5 Å². The monoisotopic (exact) mass is 234 g/mol. The van der Waals surface area contributed by atoms with E-state index < -0.39 is 5.76 Å². The topological polar surface area (TPSA) is 78.2 Å². The molecule has 0 saturated carbocycles. The average molecular weight is 234 g/mol.